The maximum Gasteiger partial charge on any atom is 0.490 e. The fraction of sp³-hybridized carbons (Fsp3) is 0.348. The molecule has 0 radical (unpaired) electrons. The van der Waals surface area contributed by atoms with E-state index in [0.29, 0.717) is 18.7 Å². The third kappa shape index (κ3) is 8.06. The SMILES string of the molecule is Cc1cc(S(=O)(=O)Nc2cscn2)ncc1N(C)[C@H]1CCN(Cc2cc(F)ccc2F)C1.O=C(O)C(F)(F)F. The first kappa shape index (κ1) is 30.2. The number of nitrogens with zero attached hydrogens (tertiary/aromatic N) is 4. The van der Waals surface area contributed by atoms with Gasteiger partial charge in [-0.15, -0.1) is 11.3 Å². The lowest BCUT2D eigenvalue weighted by Gasteiger charge is -2.28. The average Bonchev–Trinajstić information content (AvgIpc) is 3.53. The lowest BCUT2D eigenvalue weighted by Crippen LogP contribution is -2.35. The maximum absolute atomic E-state index is 14.0. The van der Waals surface area contributed by atoms with Gasteiger partial charge in [0.1, 0.15) is 11.6 Å². The van der Waals surface area contributed by atoms with E-state index in [0.717, 1.165) is 36.3 Å². The number of hydrogen-bond donors (Lipinski definition) is 2. The average molecular weight is 594 g/mol. The molecular weight excluding hydrogens is 569 g/mol. The van der Waals surface area contributed by atoms with E-state index >= 15 is 0 Å². The van der Waals surface area contributed by atoms with E-state index in [4.69, 9.17) is 9.90 Å². The number of thiazole rings is 1. The van der Waals surface area contributed by atoms with Gasteiger partial charge in [-0.1, -0.05) is 0 Å². The normalized spacial score (nSPS) is 15.9. The number of carboxylic acids is 1. The fourth-order valence-electron chi connectivity index (χ4n) is 3.87. The summed E-state index contributed by atoms with van der Waals surface area (Å²) in [5.41, 5.74) is 3.48. The summed E-state index contributed by atoms with van der Waals surface area (Å²) in [5, 5.41) is 8.66. The standard InChI is InChI=1S/C21H23F2N5O2S2.C2HF3O2/c1-14-7-21(32(29,30)26-20-12-31-13-25-20)24-9-19(14)27(2)17-5-6-28(11-17)10-15-8-16(22)3-4-18(15)23;3-2(4,5)1(6)7/h3-4,7-9,12-13,17,26H,5-6,10-11H2,1-2H3;(H,6,7)/t17-;/m0./s1. The summed E-state index contributed by atoms with van der Waals surface area (Å²) in [5.74, 6) is -3.36. The van der Waals surface area contributed by atoms with Gasteiger partial charge in [0, 0.05) is 43.7 Å². The largest absolute Gasteiger partial charge is 0.490 e. The van der Waals surface area contributed by atoms with E-state index in [1.54, 1.807) is 17.1 Å². The minimum absolute atomic E-state index is 0.0743. The van der Waals surface area contributed by atoms with Crippen molar-refractivity contribution in [2.75, 3.05) is 29.8 Å². The van der Waals surface area contributed by atoms with Gasteiger partial charge in [0.15, 0.2) is 10.8 Å². The van der Waals surface area contributed by atoms with E-state index in [2.05, 4.69) is 24.5 Å². The fourth-order valence-corrected chi connectivity index (χ4v) is 5.44. The third-order valence-electron chi connectivity index (χ3n) is 5.82. The van der Waals surface area contributed by atoms with Crippen LogP contribution in [0.2, 0.25) is 0 Å². The van der Waals surface area contributed by atoms with Crippen molar-refractivity contribution in [2.24, 2.45) is 0 Å². The summed E-state index contributed by atoms with van der Waals surface area (Å²) < 4.78 is 86.7. The zero-order valence-electron chi connectivity index (χ0n) is 20.6. The number of rotatable bonds is 7. The highest BCUT2D eigenvalue weighted by molar-refractivity contribution is 7.92. The smallest absolute Gasteiger partial charge is 0.475 e. The molecule has 9 nitrogen and oxygen atoms in total. The third-order valence-corrected chi connectivity index (χ3v) is 7.66. The van der Waals surface area contributed by atoms with Crippen molar-refractivity contribution in [2.45, 2.75) is 37.1 Å². The Labute approximate surface area is 225 Å². The zero-order chi connectivity index (χ0) is 29.0. The van der Waals surface area contributed by atoms with Crippen LogP contribution in [-0.2, 0) is 21.4 Å². The van der Waals surface area contributed by atoms with Gasteiger partial charge in [-0.05, 0) is 43.2 Å². The number of carbonyl (C=O) groups is 1. The maximum atomic E-state index is 14.0. The molecule has 2 N–H and O–H groups in total. The van der Waals surface area contributed by atoms with Gasteiger partial charge in [0.2, 0.25) is 0 Å². The molecule has 0 aliphatic carbocycles. The number of pyridine rings is 1. The first-order chi connectivity index (χ1) is 18.2. The van der Waals surface area contributed by atoms with Gasteiger partial charge >= 0.3 is 12.1 Å². The number of nitrogens with one attached hydrogen (secondary N) is 1. The highest BCUT2D eigenvalue weighted by Gasteiger charge is 2.38. The zero-order valence-corrected chi connectivity index (χ0v) is 22.2. The van der Waals surface area contributed by atoms with Gasteiger partial charge in [-0.2, -0.15) is 21.6 Å². The molecule has 0 saturated carbocycles. The number of aromatic nitrogens is 2. The van der Waals surface area contributed by atoms with Crippen molar-refractivity contribution in [3.8, 4) is 0 Å². The van der Waals surface area contributed by atoms with E-state index < -0.39 is 33.8 Å². The molecule has 1 aliphatic heterocycles. The monoisotopic (exact) mass is 593 g/mol. The molecule has 2 aromatic heterocycles. The summed E-state index contributed by atoms with van der Waals surface area (Å²) in [6.07, 6.45) is -2.68. The Hall–Kier alpha value is -3.37. The number of hydrogen-bond acceptors (Lipinski definition) is 8. The summed E-state index contributed by atoms with van der Waals surface area (Å²) in [6, 6.07) is 5.18. The molecule has 1 saturated heterocycles. The molecular formula is C23H24F5N5O4S2. The first-order valence-electron chi connectivity index (χ1n) is 11.2. The Bertz CT molecular complexity index is 1400. The number of likely N-dealkylation sites (tertiary alicyclic amines) is 1. The van der Waals surface area contributed by atoms with Crippen LogP contribution in [-0.4, -0.2) is 66.7 Å². The molecule has 0 amide bonds. The molecule has 1 atom stereocenters. The minimum atomic E-state index is -5.08. The molecule has 1 aliphatic rings. The molecule has 16 heteroatoms. The van der Waals surface area contributed by atoms with Crippen LogP contribution in [0.4, 0.5) is 33.5 Å². The van der Waals surface area contributed by atoms with Crippen LogP contribution in [0.5, 0.6) is 0 Å². The van der Waals surface area contributed by atoms with Crippen molar-refractivity contribution < 1.29 is 40.3 Å². The summed E-state index contributed by atoms with van der Waals surface area (Å²) in [4.78, 5) is 21.2. The van der Waals surface area contributed by atoms with Crippen LogP contribution in [0, 0.1) is 18.6 Å². The Morgan fingerprint density at radius 3 is 2.54 bits per heavy atom. The molecule has 39 heavy (non-hydrogen) atoms. The van der Waals surface area contributed by atoms with Gasteiger partial charge in [0.05, 0.1) is 17.4 Å². The second-order valence-electron chi connectivity index (χ2n) is 8.62. The van der Waals surface area contributed by atoms with E-state index in [1.165, 1.54) is 23.5 Å². The number of aliphatic carboxylic acids is 1. The van der Waals surface area contributed by atoms with E-state index in [9.17, 15) is 30.4 Å². The Morgan fingerprint density at radius 2 is 1.95 bits per heavy atom. The lowest BCUT2D eigenvalue weighted by atomic mass is 10.1. The van der Waals surface area contributed by atoms with Gasteiger partial charge in [-0.25, -0.2) is 23.5 Å². The van der Waals surface area contributed by atoms with Crippen LogP contribution in [0.25, 0.3) is 0 Å². The van der Waals surface area contributed by atoms with Gasteiger partial charge in [0.25, 0.3) is 10.0 Å². The van der Waals surface area contributed by atoms with Crippen molar-refractivity contribution in [3.05, 3.63) is 64.1 Å². The van der Waals surface area contributed by atoms with E-state index in [1.807, 2.05) is 14.0 Å². The number of halogens is 5. The van der Waals surface area contributed by atoms with Crippen molar-refractivity contribution in [1.82, 2.24) is 14.9 Å². The Balaban J connectivity index is 0.000000532. The van der Waals surface area contributed by atoms with Crippen molar-refractivity contribution in [3.63, 3.8) is 0 Å². The first-order valence-corrected chi connectivity index (χ1v) is 13.7. The molecule has 1 aromatic carbocycles. The summed E-state index contributed by atoms with van der Waals surface area (Å²) in [7, 11) is -1.89. The molecule has 3 heterocycles. The predicted molar refractivity (Wildman–Crippen MR) is 134 cm³/mol. The second kappa shape index (κ2) is 12.2. The van der Waals surface area contributed by atoms with Crippen LogP contribution < -0.4 is 9.62 Å². The second-order valence-corrected chi connectivity index (χ2v) is 11.0. The molecule has 0 spiro atoms. The topological polar surface area (TPSA) is 116 Å². The van der Waals surface area contributed by atoms with Crippen LogP contribution >= 0.6 is 11.3 Å². The van der Waals surface area contributed by atoms with Gasteiger partial charge in [-0.3, -0.25) is 9.62 Å². The molecule has 0 unspecified atom stereocenters. The Morgan fingerprint density at radius 1 is 1.26 bits per heavy atom. The number of anilines is 2. The van der Waals surface area contributed by atoms with Crippen molar-refractivity contribution in [1.29, 1.82) is 0 Å². The number of aryl methyl sites for hydroxylation is 1. The number of likely N-dealkylation sites (N-methyl/N-ethyl adjacent to an activating group) is 1. The number of sulfonamides is 1. The molecule has 4 rings (SSSR count). The molecule has 3 aromatic rings. The summed E-state index contributed by atoms with van der Waals surface area (Å²) >= 11 is 1.29. The molecule has 1 fully saturated rings. The highest BCUT2D eigenvalue weighted by atomic mass is 32.2. The van der Waals surface area contributed by atoms with Crippen molar-refractivity contribution >= 4 is 38.8 Å². The van der Waals surface area contributed by atoms with Crippen LogP contribution in [0.15, 0.2) is 46.4 Å². The minimum Gasteiger partial charge on any atom is -0.475 e. The highest BCUT2D eigenvalue weighted by Crippen LogP contribution is 2.27. The van der Waals surface area contributed by atoms with Crippen LogP contribution in [0.1, 0.15) is 17.5 Å². The lowest BCUT2D eigenvalue weighted by molar-refractivity contribution is -0.192. The predicted octanol–water partition coefficient (Wildman–Crippen LogP) is 4.27. The summed E-state index contributed by atoms with van der Waals surface area (Å²) in [6.45, 7) is 3.60. The number of benzene rings is 1. The Kier molecular flexibility index (Phi) is 9.45. The van der Waals surface area contributed by atoms with Gasteiger partial charge < -0.3 is 10.0 Å². The quantitative estimate of drug-likeness (QED) is 0.391. The van der Waals surface area contributed by atoms with E-state index in [-0.39, 0.29) is 16.9 Å². The molecule has 212 valence electrons. The number of alkyl halides is 3. The number of carboxylic acid groups (broad SMARTS) is 1. The van der Waals surface area contributed by atoms with Crippen LogP contribution in [0.3, 0.4) is 0 Å². The molecule has 0 bridgehead atoms.